The summed E-state index contributed by atoms with van der Waals surface area (Å²) in [6, 6.07) is 10.1. The highest BCUT2D eigenvalue weighted by Crippen LogP contribution is 2.45. The van der Waals surface area contributed by atoms with Crippen molar-refractivity contribution in [3.05, 3.63) is 73.7 Å². The Morgan fingerprint density at radius 1 is 1.10 bits per heavy atom. The van der Waals surface area contributed by atoms with Crippen LogP contribution in [0.5, 0.6) is 5.75 Å². The number of carbonyl (C=O) groups excluding carboxylic acids is 2. The molecule has 2 N–H and O–H groups in total. The number of H-pyrrole nitrogens is 1. The summed E-state index contributed by atoms with van der Waals surface area (Å²) in [5.74, 6) is 0.000120. The summed E-state index contributed by atoms with van der Waals surface area (Å²) in [4.78, 5) is 46.6. The molecule has 0 radical (unpaired) electrons. The molecule has 3 heterocycles. The molecule has 0 bridgehead atoms. The van der Waals surface area contributed by atoms with E-state index in [-0.39, 0.29) is 29.6 Å². The molecule has 50 heavy (non-hydrogen) atoms. The zero-order valence-electron chi connectivity index (χ0n) is 30.4. The summed E-state index contributed by atoms with van der Waals surface area (Å²) in [6.45, 7) is 15.4. The van der Waals surface area contributed by atoms with Gasteiger partial charge < -0.3 is 34.3 Å². The molecule has 5 rings (SSSR count). The third-order valence-electron chi connectivity index (χ3n) is 10.4. The van der Waals surface area contributed by atoms with E-state index in [1.54, 1.807) is 17.9 Å². The molecule has 2 aromatic carbocycles. The lowest BCUT2D eigenvalue weighted by Crippen LogP contribution is -2.40. The first-order chi connectivity index (χ1) is 23.9. The molecule has 2 fully saturated rings. The number of carbonyl (C=O) groups is 2. The highest BCUT2D eigenvalue weighted by atomic mass is 35.5. The van der Waals surface area contributed by atoms with Crippen molar-refractivity contribution in [1.82, 2.24) is 10.3 Å². The smallest absolute Gasteiger partial charge is 0.256 e. The highest BCUT2D eigenvalue weighted by molar-refractivity contribution is 6.37. The van der Waals surface area contributed by atoms with Gasteiger partial charge in [0.05, 0.1) is 29.8 Å². The van der Waals surface area contributed by atoms with Crippen molar-refractivity contribution in [2.45, 2.75) is 91.3 Å². The number of aryl methyl sites for hydroxylation is 1. The van der Waals surface area contributed by atoms with Crippen LogP contribution in [-0.4, -0.2) is 69.5 Å². The second-order valence-electron chi connectivity index (χ2n) is 13.9. The summed E-state index contributed by atoms with van der Waals surface area (Å²) in [5, 5.41) is 3.26. The zero-order chi connectivity index (χ0) is 36.2. The molecule has 0 spiro atoms. The molecule has 3 aromatic rings. The van der Waals surface area contributed by atoms with Crippen LogP contribution in [-0.2, 0) is 26.2 Å². The number of anilines is 2. The van der Waals surface area contributed by atoms with Gasteiger partial charge in [-0.1, -0.05) is 30.7 Å². The van der Waals surface area contributed by atoms with Gasteiger partial charge in [0.15, 0.2) is 0 Å². The van der Waals surface area contributed by atoms with Gasteiger partial charge in [-0.3, -0.25) is 14.4 Å². The van der Waals surface area contributed by atoms with E-state index >= 15 is 0 Å². The van der Waals surface area contributed by atoms with Crippen LogP contribution >= 0.6 is 11.6 Å². The van der Waals surface area contributed by atoms with Gasteiger partial charge in [0.1, 0.15) is 5.75 Å². The lowest BCUT2D eigenvalue weighted by Gasteiger charge is -2.38. The number of aromatic amines is 1. The molecule has 1 aromatic heterocycles. The van der Waals surface area contributed by atoms with Gasteiger partial charge in [0.25, 0.3) is 11.5 Å². The predicted molar refractivity (Wildman–Crippen MR) is 199 cm³/mol. The third-order valence-corrected chi connectivity index (χ3v) is 10.8. The van der Waals surface area contributed by atoms with Gasteiger partial charge in [0.2, 0.25) is 6.41 Å². The minimum Gasteiger partial charge on any atom is -0.496 e. The van der Waals surface area contributed by atoms with Crippen molar-refractivity contribution in [2.24, 2.45) is 0 Å². The zero-order valence-corrected chi connectivity index (χ0v) is 31.2. The number of halogens is 1. The SMILES string of the molecule is CCN(c1cc(-c2ccc(C3(C)CCOCC3)c(N(C=O)C(C)C)c2)c(Cl)c(C(=O)NCc2c(OC)cc(C)[nH]c2=O)c1C)C1CCOCC1. The molecule has 10 nitrogen and oxygen atoms in total. The van der Waals surface area contributed by atoms with Gasteiger partial charge in [0, 0.05) is 67.7 Å². The third kappa shape index (κ3) is 7.57. The molecular formula is C39H51ClN4O6. The lowest BCUT2D eigenvalue weighted by molar-refractivity contribution is -0.107. The molecule has 0 unspecified atom stereocenters. The summed E-state index contributed by atoms with van der Waals surface area (Å²) in [7, 11) is 1.50. The maximum absolute atomic E-state index is 14.2. The maximum Gasteiger partial charge on any atom is 0.256 e. The van der Waals surface area contributed by atoms with Gasteiger partial charge in [-0.2, -0.15) is 0 Å². The van der Waals surface area contributed by atoms with Crippen LogP contribution in [0.15, 0.2) is 35.1 Å². The van der Waals surface area contributed by atoms with E-state index in [0.29, 0.717) is 59.6 Å². The Balaban J connectivity index is 1.67. The molecule has 270 valence electrons. The van der Waals surface area contributed by atoms with E-state index in [2.05, 4.69) is 41.2 Å². The van der Waals surface area contributed by atoms with E-state index in [4.69, 9.17) is 25.8 Å². The Bertz CT molecular complexity index is 1760. The van der Waals surface area contributed by atoms with Crippen LogP contribution in [0.3, 0.4) is 0 Å². The Morgan fingerprint density at radius 2 is 1.78 bits per heavy atom. The van der Waals surface area contributed by atoms with Gasteiger partial charge in [-0.25, -0.2) is 0 Å². The fraction of sp³-hybridized carbons (Fsp3) is 0.513. The largest absolute Gasteiger partial charge is 0.496 e. The number of ether oxygens (including phenoxy) is 3. The number of benzene rings is 2. The molecule has 2 aliphatic rings. The Morgan fingerprint density at radius 3 is 2.40 bits per heavy atom. The van der Waals surface area contributed by atoms with Crippen molar-refractivity contribution in [1.29, 1.82) is 0 Å². The predicted octanol–water partition coefficient (Wildman–Crippen LogP) is 6.70. The number of amides is 2. The summed E-state index contributed by atoms with van der Waals surface area (Å²) in [6.07, 6.45) is 4.31. The average molecular weight is 707 g/mol. The van der Waals surface area contributed by atoms with Gasteiger partial charge in [-0.15, -0.1) is 0 Å². The first-order valence-corrected chi connectivity index (χ1v) is 18.0. The molecule has 2 aliphatic heterocycles. The average Bonchev–Trinajstić information content (AvgIpc) is 3.09. The van der Waals surface area contributed by atoms with Crippen molar-refractivity contribution >= 4 is 35.3 Å². The Hall–Kier alpha value is -3.86. The normalized spacial score (nSPS) is 16.3. The van der Waals surface area contributed by atoms with E-state index in [0.717, 1.165) is 66.7 Å². The van der Waals surface area contributed by atoms with E-state index in [1.807, 2.05) is 32.9 Å². The Labute approximate surface area is 300 Å². The summed E-state index contributed by atoms with van der Waals surface area (Å²) >= 11 is 7.29. The lowest BCUT2D eigenvalue weighted by atomic mass is 9.74. The molecule has 0 aliphatic carbocycles. The number of aromatic nitrogens is 1. The first-order valence-electron chi connectivity index (χ1n) is 17.6. The summed E-state index contributed by atoms with van der Waals surface area (Å²) in [5.41, 5.74) is 5.87. The van der Waals surface area contributed by atoms with Gasteiger partial charge >= 0.3 is 0 Å². The first kappa shape index (κ1) is 37.4. The molecule has 0 atom stereocenters. The topological polar surface area (TPSA) is 113 Å². The van der Waals surface area contributed by atoms with Crippen molar-refractivity contribution in [3.63, 3.8) is 0 Å². The second-order valence-corrected chi connectivity index (χ2v) is 14.3. The number of nitrogens with zero attached hydrogens (tertiary/aromatic N) is 2. The van der Waals surface area contributed by atoms with E-state index in [9.17, 15) is 14.4 Å². The van der Waals surface area contributed by atoms with Crippen LogP contribution in [0, 0.1) is 13.8 Å². The van der Waals surface area contributed by atoms with Crippen molar-refractivity contribution < 1.29 is 23.8 Å². The van der Waals surface area contributed by atoms with E-state index < -0.39 is 5.91 Å². The number of methoxy groups -OCH3 is 1. The quantitative estimate of drug-likeness (QED) is 0.202. The Kier molecular flexibility index (Phi) is 12.0. The van der Waals surface area contributed by atoms with E-state index in [1.165, 1.54) is 7.11 Å². The highest BCUT2D eigenvalue weighted by Gasteiger charge is 2.34. The fourth-order valence-corrected chi connectivity index (χ4v) is 7.79. The van der Waals surface area contributed by atoms with Crippen molar-refractivity contribution in [2.75, 3.05) is 49.9 Å². The second kappa shape index (κ2) is 16.0. The molecule has 11 heteroatoms. The maximum atomic E-state index is 14.2. The molecule has 0 saturated carbocycles. The minimum absolute atomic E-state index is 0.0474. The standard InChI is InChI=1S/C39H51ClN4O6/c1-8-43(28-11-15-49-16-12-28)32-21-29(27-9-10-31(39(6)13-17-50-18-14-39)33(20-27)44(23-45)24(2)3)36(40)35(26(32)5)38(47)41-22-30-34(48-7)19-25(4)42-37(30)46/h9-10,19-21,23-24,28H,8,11-18,22H2,1-7H3,(H,41,47)(H,42,46). The van der Waals surface area contributed by atoms with Crippen LogP contribution in [0.25, 0.3) is 11.1 Å². The number of hydrogen-bond acceptors (Lipinski definition) is 7. The van der Waals surface area contributed by atoms with Crippen LogP contribution in [0.4, 0.5) is 11.4 Å². The molecular weight excluding hydrogens is 656 g/mol. The number of pyridine rings is 1. The number of rotatable bonds is 12. The number of hydrogen-bond donors (Lipinski definition) is 2. The molecule has 2 saturated heterocycles. The van der Waals surface area contributed by atoms with Crippen molar-refractivity contribution in [3.8, 4) is 16.9 Å². The van der Waals surface area contributed by atoms with Gasteiger partial charge in [-0.05, 0) is 101 Å². The van der Waals surface area contributed by atoms with Crippen LogP contribution in [0.2, 0.25) is 5.02 Å². The molecule has 2 amide bonds. The number of nitrogens with one attached hydrogen (secondary N) is 2. The monoisotopic (exact) mass is 706 g/mol. The van der Waals surface area contributed by atoms with Crippen LogP contribution in [0.1, 0.15) is 86.1 Å². The minimum atomic E-state index is -0.399. The summed E-state index contributed by atoms with van der Waals surface area (Å²) < 4.78 is 16.9. The fourth-order valence-electron chi connectivity index (χ4n) is 7.40. The van der Waals surface area contributed by atoms with Crippen LogP contribution < -0.4 is 25.4 Å².